The SMILES string of the molecule is CCc1nc(Br)cc(Oc2cc(Br)ccc2Cl)n1. The Morgan fingerprint density at radius 1 is 1.22 bits per heavy atom. The van der Waals surface area contributed by atoms with E-state index in [0.29, 0.717) is 27.1 Å². The molecule has 0 aliphatic rings. The Labute approximate surface area is 127 Å². The first kappa shape index (κ1) is 13.8. The highest BCUT2D eigenvalue weighted by atomic mass is 79.9. The second-order valence-corrected chi connectivity index (χ2v) is 5.61. The van der Waals surface area contributed by atoms with Gasteiger partial charge in [0.2, 0.25) is 5.88 Å². The lowest BCUT2D eigenvalue weighted by molar-refractivity contribution is 0.458. The van der Waals surface area contributed by atoms with E-state index >= 15 is 0 Å². The van der Waals surface area contributed by atoms with Crippen molar-refractivity contribution in [1.82, 2.24) is 9.97 Å². The third kappa shape index (κ3) is 3.43. The zero-order chi connectivity index (χ0) is 13.1. The van der Waals surface area contributed by atoms with E-state index in [2.05, 4.69) is 41.8 Å². The molecule has 0 spiro atoms. The fourth-order valence-corrected chi connectivity index (χ4v) is 2.22. The molecule has 3 nitrogen and oxygen atoms in total. The standard InChI is InChI=1S/C12H9Br2ClN2O/c1-2-11-16-10(14)6-12(17-11)18-9-5-7(13)3-4-8(9)15/h3-6H,2H2,1H3. The van der Waals surface area contributed by atoms with Crippen molar-refractivity contribution in [2.75, 3.05) is 0 Å². The summed E-state index contributed by atoms with van der Waals surface area (Å²) in [5.41, 5.74) is 0. The largest absolute Gasteiger partial charge is 0.437 e. The third-order valence-electron chi connectivity index (χ3n) is 2.14. The van der Waals surface area contributed by atoms with Gasteiger partial charge in [0.25, 0.3) is 0 Å². The van der Waals surface area contributed by atoms with Crippen molar-refractivity contribution >= 4 is 43.5 Å². The van der Waals surface area contributed by atoms with E-state index in [1.165, 1.54) is 0 Å². The van der Waals surface area contributed by atoms with Crippen LogP contribution in [-0.2, 0) is 6.42 Å². The molecule has 18 heavy (non-hydrogen) atoms. The Balaban J connectivity index is 2.33. The first-order valence-corrected chi connectivity index (χ1v) is 7.21. The van der Waals surface area contributed by atoms with Crippen molar-refractivity contribution in [3.63, 3.8) is 0 Å². The molecule has 0 aliphatic carbocycles. The molecule has 6 heteroatoms. The monoisotopic (exact) mass is 390 g/mol. The van der Waals surface area contributed by atoms with E-state index in [-0.39, 0.29) is 0 Å². The summed E-state index contributed by atoms with van der Waals surface area (Å²) in [6.45, 7) is 1.98. The number of halogens is 3. The minimum atomic E-state index is 0.466. The van der Waals surface area contributed by atoms with Crippen molar-refractivity contribution in [2.24, 2.45) is 0 Å². The van der Waals surface area contributed by atoms with Crippen LogP contribution in [0.25, 0.3) is 0 Å². The number of aryl methyl sites for hydroxylation is 1. The average Bonchev–Trinajstić information content (AvgIpc) is 2.33. The lowest BCUT2D eigenvalue weighted by atomic mass is 10.3. The summed E-state index contributed by atoms with van der Waals surface area (Å²) in [6, 6.07) is 7.11. The van der Waals surface area contributed by atoms with E-state index in [1.54, 1.807) is 18.2 Å². The van der Waals surface area contributed by atoms with Crippen LogP contribution in [0.4, 0.5) is 0 Å². The van der Waals surface area contributed by atoms with Gasteiger partial charge in [-0.05, 0) is 34.1 Å². The van der Waals surface area contributed by atoms with Crippen molar-refractivity contribution < 1.29 is 4.74 Å². The zero-order valence-corrected chi connectivity index (χ0v) is 13.4. The third-order valence-corrected chi connectivity index (χ3v) is 3.35. The highest BCUT2D eigenvalue weighted by molar-refractivity contribution is 9.10. The van der Waals surface area contributed by atoms with Gasteiger partial charge in [0, 0.05) is 17.0 Å². The van der Waals surface area contributed by atoms with E-state index in [0.717, 1.165) is 10.9 Å². The Bertz CT molecular complexity index is 578. The fraction of sp³-hybridized carbons (Fsp3) is 0.167. The number of aromatic nitrogens is 2. The molecule has 0 atom stereocenters. The summed E-state index contributed by atoms with van der Waals surface area (Å²) in [5, 5.41) is 0.533. The lowest BCUT2D eigenvalue weighted by Crippen LogP contribution is -1.96. The molecule has 0 saturated carbocycles. The lowest BCUT2D eigenvalue weighted by Gasteiger charge is -2.08. The molecule has 0 N–H and O–H groups in total. The Morgan fingerprint density at radius 2 is 2.00 bits per heavy atom. The van der Waals surface area contributed by atoms with Crippen LogP contribution in [-0.4, -0.2) is 9.97 Å². The molecule has 2 aromatic rings. The van der Waals surface area contributed by atoms with Crippen LogP contribution >= 0.6 is 43.5 Å². The van der Waals surface area contributed by atoms with Gasteiger partial charge in [-0.1, -0.05) is 34.5 Å². The van der Waals surface area contributed by atoms with Crippen molar-refractivity contribution in [1.29, 1.82) is 0 Å². The van der Waals surface area contributed by atoms with E-state index in [9.17, 15) is 0 Å². The zero-order valence-electron chi connectivity index (χ0n) is 9.45. The van der Waals surface area contributed by atoms with Gasteiger partial charge in [-0.2, -0.15) is 4.98 Å². The highest BCUT2D eigenvalue weighted by Gasteiger charge is 2.07. The minimum Gasteiger partial charge on any atom is -0.437 e. The second kappa shape index (κ2) is 5.99. The molecule has 0 aliphatic heterocycles. The number of rotatable bonds is 3. The Morgan fingerprint density at radius 3 is 2.72 bits per heavy atom. The van der Waals surface area contributed by atoms with Crippen LogP contribution in [0, 0.1) is 0 Å². The molecular formula is C12H9Br2ClN2O. The molecule has 0 saturated heterocycles. The van der Waals surface area contributed by atoms with Crippen LogP contribution in [0.2, 0.25) is 5.02 Å². The number of hydrogen-bond donors (Lipinski definition) is 0. The topological polar surface area (TPSA) is 35.0 Å². The second-order valence-electron chi connectivity index (χ2n) is 3.48. The summed E-state index contributed by atoms with van der Waals surface area (Å²) >= 11 is 12.8. The number of nitrogens with zero attached hydrogens (tertiary/aromatic N) is 2. The van der Waals surface area contributed by atoms with E-state index < -0.39 is 0 Å². The van der Waals surface area contributed by atoms with Crippen LogP contribution in [0.1, 0.15) is 12.7 Å². The summed E-state index contributed by atoms with van der Waals surface area (Å²) < 4.78 is 7.25. The normalized spacial score (nSPS) is 10.4. The maximum atomic E-state index is 6.06. The fourth-order valence-electron chi connectivity index (χ4n) is 1.32. The van der Waals surface area contributed by atoms with Crippen LogP contribution in [0.15, 0.2) is 33.3 Å². The number of benzene rings is 1. The molecule has 0 radical (unpaired) electrons. The van der Waals surface area contributed by atoms with Crippen LogP contribution in [0.3, 0.4) is 0 Å². The van der Waals surface area contributed by atoms with Gasteiger partial charge >= 0.3 is 0 Å². The summed E-state index contributed by atoms with van der Waals surface area (Å²) in [7, 11) is 0. The molecule has 94 valence electrons. The van der Waals surface area contributed by atoms with Gasteiger partial charge in [-0.15, -0.1) is 0 Å². The molecule has 1 aromatic heterocycles. The molecular weight excluding hydrogens is 383 g/mol. The minimum absolute atomic E-state index is 0.466. The summed E-state index contributed by atoms with van der Waals surface area (Å²) in [4.78, 5) is 8.50. The number of hydrogen-bond acceptors (Lipinski definition) is 3. The van der Waals surface area contributed by atoms with Crippen molar-refractivity contribution in [3.8, 4) is 11.6 Å². The molecule has 0 bridgehead atoms. The van der Waals surface area contributed by atoms with Gasteiger partial charge in [0.1, 0.15) is 16.2 Å². The summed E-state index contributed by atoms with van der Waals surface area (Å²) in [5.74, 6) is 1.73. The smallest absolute Gasteiger partial charge is 0.223 e. The summed E-state index contributed by atoms with van der Waals surface area (Å²) in [6.07, 6.45) is 0.738. The maximum Gasteiger partial charge on any atom is 0.223 e. The molecule has 1 aromatic carbocycles. The van der Waals surface area contributed by atoms with Gasteiger partial charge < -0.3 is 4.74 Å². The predicted octanol–water partition coefficient (Wildman–Crippen LogP) is 5.01. The van der Waals surface area contributed by atoms with E-state index in [1.807, 2.05) is 13.0 Å². The quantitative estimate of drug-likeness (QED) is 0.689. The van der Waals surface area contributed by atoms with Gasteiger partial charge in [0.05, 0.1) is 5.02 Å². The van der Waals surface area contributed by atoms with E-state index in [4.69, 9.17) is 16.3 Å². The molecule has 2 rings (SSSR count). The first-order valence-electron chi connectivity index (χ1n) is 5.25. The van der Waals surface area contributed by atoms with Crippen molar-refractivity contribution in [3.05, 3.63) is 44.2 Å². The Hall–Kier alpha value is -0.650. The average molecular weight is 392 g/mol. The first-order chi connectivity index (χ1) is 8.58. The van der Waals surface area contributed by atoms with Gasteiger partial charge in [0.15, 0.2) is 0 Å². The highest BCUT2D eigenvalue weighted by Crippen LogP contribution is 2.31. The molecule has 0 unspecified atom stereocenters. The van der Waals surface area contributed by atoms with Crippen LogP contribution < -0.4 is 4.74 Å². The van der Waals surface area contributed by atoms with Gasteiger partial charge in [-0.25, -0.2) is 4.98 Å². The Kier molecular flexibility index (Phi) is 4.59. The predicted molar refractivity (Wildman–Crippen MR) is 78.3 cm³/mol. The maximum absolute atomic E-state index is 6.06. The van der Waals surface area contributed by atoms with Crippen molar-refractivity contribution in [2.45, 2.75) is 13.3 Å². The molecule has 0 fully saturated rings. The molecule has 0 amide bonds. The number of ether oxygens (including phenoxy) is 1. The van der Waals surface area contributed by atoms with Gasteiger partial charge in [-0.3, -0.25) is 0 Å². The molecule has 1 heterocycles. The van der Waals surface area contributed by atoms with Crippen LogP contribution in [0.5, 0.6) is 11.6 Å².